The highest BCUT2D eigenvalue weighted by Gasteiger charge is 2.27. The number of esters is 1. The first-order valence-corrected chi connectivity index (χ1v) is 10.5. The molecule has 13 heteroatoms. The van der Waals surface area contributed by atoms with Crippen LogP contribution in [0.4, 0.5) is 10.1 Å². The van der Waals surface area contributed by atoms with Gasteiger partial charge in [0.25, 0.3) is 5.95 Å². The smallest absolute Gasteiger partial charge is 0.350 e. The molecule has 1 atom stereocenters. The first-order valence-electron chi connectivity index (χ1n) is 10.5. The van der Waals surface area contributed by atoms with E-state index in [4.69, 9.17) is 20.6 Å². The lowest BCUT2D eigenvalue weighted by molar-refractivity contribution is -0.132. The van der Waals surface area contributed by atoms with Crippen LogP contribution in [0.15, 0.2) is 59.7 Å². The Morgan fingerprint density at radius 1 is 1.22 bits per heavy atom. The number of nitrogen functional groups attached to an aromatic ring is 1. The molecular formula is C23H21FN8O4. The van der Waals surface area contributed by atoms with E-state index in [-0.39, 0.29) is 34.7 Å². The summed E-state index contributed by atoms with van der Waals surface area (Å²) in [6.45, 7) is 1.14. The first kappa shape index (κ1) is 24.1. The van der Waals surface area contributed by atoms with Gasteiger partial charge in [0.15, 0.2) is 17.4 Å². The van der Waals surface area contributed by atoms with Gasteiger partial charge in [0.1, 0.15) is 17.6 Å². The van der Waals surface area contributed by atoms with Crippen molar-refractivity contribution in [3.05, 3.63) is 88.1 Å². The zero-order chi connectivity index (χ0) is 25.8. The third-order valence-corrected chi connectivity index (χ3v) is 5.00. The van der Waals surface area contributed by atoms with Gasteiger partial charge in [0, 0.05) is 42.2 Å². The highest BCUT2D eigenvalue weighted by atomic mass is 19.1. The first-order chi connectivity index (χ1) is 17.3. The molecule has 0 aliphatic carbocycles. The molecule has 2 aromatic heterocycles. The summed E-state index contributed by atoms with van der Waals surface area (Å²) in [4.78, 5) is 34.9. The van der Waals surface area contributed by atoms with Crippen LogP contribution >= 0.6 is 0 Å². The minimum absolute atomic E-state index is 0.0151. The Bertz CT molecular complexity index is 1470. The lowest BCUT2D eigenvalue weighted by Gasteiger charge is -2.21. The van der Waals surface area contributed by atoms with Gasteiger partial charge in [-0.3, -0.25) is 15.2 Å². The number of ether oxygens (including phenoxy) is 2. The molecule has 36 heavy (non-hydrogen) atoms. The lowest BCUT2D eigenvalue weighted by Crippen LogP contribution is -2.18. The lowest BCUT2D eigenvalue weighted by atomic mass is 10.0. The Labute approximate surface area is 203 Å². The van der Waals surface area contributed by atoms with E-state index in [1.54, 1.807) is 30.3 Å². The van der Waals surface area contributed by atoms with Crippen LogP contribution in [0.1, 0.15) is 29.9 Å². The second-order valence-electron chi connectivity index (χ2n) is 7.47. The highest BCUT2D eigenvalue weighted by molar-refractivity contribution is 5.95. The molecule has 184 valence electrons. The average Bonchev–Trinajstić information content (AvgIpc) is 3.25. The molecule has 12 nitrogen and oxygen atoms in total. The van der Waals surface area contributed by atoms with Crippen LogP contribution < -0.4 is 26.2 Å². The monoisotopic (exact) mass is 492 g/mol. The Hall–Kier alpha value is -5.07. The molecular weight excluding hydrogens is 471 g/mol. The van der Waals surface area contributed by atoms with Crippen molar-refractivity contribution in [3.8, 4) is 17.4 Å². The van der Waals surface area contributed by atoms with Crippen molar-refractivity contribution in [1.82, 2.24) is 24.7 Å². The Morgan fingerprint density at radius 3 is 2.53 bits per heavy atom. The maximum absolute atomic E-state index is 15.6. The normalized spacial score (nSPS) is 11.5. The maximum atomic E-state index is 15.6. The summed E-state index contributed by atoms with van der Waals surface area (Å²) >= 11 is 0. The van der Waals surface area contributed by atoms with Crippen LogP contribution in [0.2, 0.25) is 0 Å². The predicted octanol–water partition coefficient (Wildman–Crippen LogP) is 1.91. The largest absolute Gasteiger partial charge is 0.497 e. The van der Waals surface area contributed by atoms with Gasteiger partial charge in [0.2, 0.25) is 0 Å². The molecule has 0 bridgehead atoms. The third kappa shape index (κ3) is 5.04. The van der Waals surface area contributed by atoms with Crippen LogP contribution in [0, 0.1) is 11.2 Å². The van der Waals surface area contributed by atoms with Crippen LogP contribution in [-0.4, -0.2) is 43.6 Å². The number of aromatic nitrogens is 5. The van der Waals surface area contributed by atoms with Crippen molar-refractivity contribution >= 4 is 17.5 Å². The van der Waals surface area contributed by atoms with Gasteiger partial charge in [-0.25, -0.2) is 19.2 Å². The molecule has 0 amide bonds. The van der Waals surface area contributed by atoms with E-state index < -0.39 is 23.5 Å². The molecule has 4 aromatic rings. The van der Waals surface area contributed by atoms with Crippen molar-refractivity contribution in [3.63, 3.8) is 0 Å². The van der Waals surface area contributed by atoms with E-state index in [0.29, 0.717) is 11.3 Å². The molecule has 1 unspecified atom stereocenters. The van der Waals surface area contributed by atoms with E-state index in [1.807, 2.05) is 0 Å². The maximum Gasteiger partial charge on any atom is 0.350 e. The quantitative estimate of drug-likeness (QED) is 0.124. The number of aromatic amines is 1. The number of hydrogen-bond acceptors (Lipinski definition) is 9. The van der Waals surface area contributed by atoms with Gasteiger partial charge in [-0.15, -0.1) is 9.78 Å². The molecule has 4 rings (SSSR count). The van der Waals surface area contributed by atoms with E-state index in [2.05, 4.69) is 25.4 Å². The van der Waals surface area contributed by atoms with E-state index >= 15 is 4.39 Å². The summed E-state index contributed by atoms with van der Waals surface area (Å²) < 4.78 is 26.9. The van der Waals surface area contributed by atoms with Crippen molar-refractivity contribution < 1.29 is 18.7 Å². The molecule has 0 aliphatic heterocycles. The SMILES string of the molecule is COc1cc(OC(C)=O)c(F)c(C(Nc2ccc(C(=N)N)cc2)c2nn(-c3ncccn3)c(=O)[nH]2)c1. The summed E-state index contributed by atoms with van der Waals surface area (Å²) in [6.07, 6.45) is 2.89. The van der Waals surface area contributed by atoms with Crippen LogP contribution in [-0.2, 0) is 4.79 Å². The highest BCUT2D eigenvalue weighted by Crippen LogP contribution is 2.35. The van der Waals surface area contributed by atoms with Gasteiger partial charge in [-0.1, -0.05) is 0 Å². The number of nitrogens with zero attached hydrogens (tertiary/aromatic N) is 4. The number of H-pyrrole nitrogens is 1. The minimum atomic E-state index is -1.09. The molecule has 0 saturated carbocycles. The number of anilines is 1. The number of nitrogens with one attached hydrogen (secondary N) is 3. The zero-order valence-corrected chi connectivity index (χ0v) is 19.2. The summed E-state index contributed by atoms with van der Waals surface area (Å²) in [5.74, 6) is -1.83. The van der Waals surface area contributed by atoms with Crippen LogP contribution in [0.3, 0.4) is 0 Å². The molecule has 0 fully saturated rings. The second-order valence-corrected chi connectivity index (χ2v) is 7.47. The van der Waals surface area contributed by atoms with Crippen LogP contribution in [0.5, 0.6) is 11.5 Å². The Morgan fingerprint density at radius 2 is 1.92 bits per heavy atom. The molecule has 2 aromatic carbocycles. The standard InChI is InChI=1S/C23H21FN8O4/c1-12(33)36-17-11-15(35-2)10-16(18(17)24)19(29-14-6-4-13(5-7-14)20(25)26)21-30-23(34)32(31-21)22-27-8-3-9-28-22/h3-11,19,29H,1-2H3,(H3,25,26)(H,30,31,34). The number of halogens is 1. The second kappa shape index (κ2) is 10.0. The van der Waals surface area contributed by atoms with Crippen molar-refractivity contribution in [1.29, 1.82) is 5.41 Å². The molecule has 0 saturated heterocycles. The van der Waals surface area contributed by atoms with Crippen molar-refractivity contribution in [2.75, 3.05) is 12.4 Å². The van der Waals surface area contributed by atoms with Crippen molar-refractivity contribution in [2.24, 2.45) is 5.73 Å². The van der Waals surface area contributed by atoms with Gasteiger partial charge in [-0.05, 0) is 36.4 Å². The number of amidine groups is 1. The summed E-state index contributed by atoms with van der Waals surface area (Å²) in [6, 6.07) is 9.59. The summed E-state index contributed by atoms with van der Waals surface area (Å²) in [5, 5.41) is 15.0. The van der Waals surface area contributed by atoms with Gasteiger partial charge < -0.3 is 20.5 Å². The molecule has 0 radical (unpaired) electrons. The molecule has 2 heterocycles. The molecule has 5 N–H and O–H groups in total. The number of benzene rings is 2. The third-order valence-electron chi connectivity index (χ3n) is 5.00. The average molecular weight is 492 g/mol. The summed E-state index contributed by atoms with van der Waals surface area (Å²) in [5.41, 5.74) is 5.82. The molecule has 0 spiro atoms. The fourth-order valence-corrected chi connectivity index (χ4v) is 3.36. The zero-order valence-electron chi connectivity index (χ0n) is 19.2. The van der Waals surface area contributed by atoms with Crippen LogP contribution in [0.25, 0.3) is 5.95 Å². The summed E-state index contributed by atoms with van der Waals surface area (Å²) in [7, 11) is 1.38. The van der Waals surface area contributed by atoms with E-state index in [0.717, 1.165) is 11.6 Å². The van der Waals surface area contributed by atoms with E-state index in [9.17, 15) is 9.59 Å². The number of hydrogen-bond donors (Lipinski definition) is 4. The van der Waals surface area contributed by atoms with Gasteiger partial charge in [0.05, 0.1) is 7.11 Å². The van der Waals surface area contributed by atoms with E-state index in [1.165, 1.54) is 31.6 Å². The topological polar surface area (TPSA) is 174 Å². The number of carbonyl (C=O) groups excluding carboxylic acids is 1. The number of rotatable bonds is 8. The number of nitrogens with two attached hydrogens (primary N) is 1. The minimum Gasteiger partial charge on any atom is -0.497 e. The van der Waals surface area contributed by atoms with Gasteiger partial charge >= 0.3 is 11.7 Å². The number of carbonyl (C=O) groups is 1. The fourth-order valence-electron chi connectivity index (χ4n) is 3.36. The predicted molar refractivity (Wildman–Crippen MR) is 127 cm³/mol. The Balaban J connectivity index is 1.86. The molecule has 0 aliphatic rings. The van der Waals surface area contributed by atoms with Gasteiger partial charge in [-0.2, -0.15) is 0 Å². The Kier molecular flexibility index (Phi) is 6.72. The number of methoxy groups -OCH3 is 1. The van der Waals surface area contributed by atoms with Crippen molar-refractivity contribution in [2.45, 2.75) is 13.0 Å². The fraction of sp³-hybridized carbons (Fsp3) is 0.130.